The minimum Gasteiger partial charge on any atom is -0.508 e. The lowest BCUT2D eigenvalue weighted by molar-refractivity contribution is -0.142. The van der Waals surface area contributed by atoms with E-state index in [0.29, 0.717) is 22.4 Å². The Labute approximate surface area is 195 Å². The lowest BCUT2D eigenvalue weighted by Gasteiger charge is -2.25. The van der Waals surface area contributed by atoms with Crippen LogP contribution in [0, 0.1) is 0 Å². The summed E-state index contributed by atoms with van der Waals surface area (Å²) in [6, 6.07) is 14.9. The van der Waals surface area contributed by atoms with Crippen molar-refractivity contribution in [2.45, 2.75) is 19.4 Å². The number of amides is 1. The second kappa shape index (κ2) is 9.58. The van der Waals surface area contributed by atoms with Gasteiger partial charge in [0.15, 0.2) is 0 Å². The van der Waals surface area contributed by atoms with Crippen molar-refractivity contribution in [3.63, 3.8) is 0 Å². The third kappa shape index (κ3) is 4.38. The number of Topliss-reactive ketones (excluding diaryl/α,β-unsaturated/α-hetero) is 1. The van der Waals surface area contributed by atoms with Gasteiger partial charge in [-0.05, 0) is 54.4 Å². The Balaban J connectivity index is 1.80. The third-order valence-corrected chi connectivity index (χ3v) is 5.48. The lowest BCUT2D eigenvalue weighted by atomic mass is 9.95. The molecule has 0 radical (unpaired) electrons. The molecular formula is C26H22N2O6. The number of phenols is 1. The number of esters is 1. The Bertz CT molecular complexity index is 1250. The molecule has 0 saturated carbocycles. The van der Waals surface area contributed by atoms with E-state index in [2.05, 4.69) is 4.98 Å². The first-order chi connectivity index (χ1) is 16.4. The maximum atomic E-state index is 13.1. The first kappa shape index (κ1) is 22.7. The number of hydrogen-bond donors (Lipinski definition) is 2. The topological polar surface area (TPSA) is 117 Å². The zero-order valence-electron chi connectivity index (χ0n) is 18.3. The smallest absolute Gasteiger partial charge is 0.310 e. The highest BCUT2D eigenvalue weighted by Crippen LogP contribution is 2.42. The molecule has 1 amide bonds. The fraction of sp³-hybridized carbons (Fsp3) is 0.154. The van der Waals surface area contributed by atoms with Gasteiger partial charge in [-0.15, -0.1) is 0 Å². The summed E-state index contributed by atoms with van der Waals surface area (Å²) >= 11 is 0. The van der Waals surface area contributed by atoms with Gasteiger partial charge in [-0.3, -0.25) is 24.3 Å². The van der Waals surface area contributed by atoms with Crippen LogP contribution in [0.3, 0.4) is 0 Å². The van der Waals surface area contributed by atoms with E-state index < -0.39 is 17.7 Å². The summed E-state index contributed by atoms with van der Waals surface area (Å²) in [7, 11) is 0. The van der Waals surface area contributed by atoms with Gasteiger partial charge in [-0.1, -0.05) is 24.3 Å². The molecule has 1 saturated heterocycles. The van der Waals surface area contributed by atoms with E-state index in [1.165, 1.54) is 29.4 Å². The highest BCUT2D eigenvalue weighted by molar-refractivity contribution is 6.51. The van der Waals surface area contributed by atoms with Crippen LogP contribution in [0.4, 0.5) is 5.69 Å². The molecular weight excluding hydrogens is 436 g/mol. The van der Waals surface area contributed by atoms with E-state index in [1.54, 1.807) is 55.5 Å². The molecule has 1 atom stereocenters. The summed E-state index contributed by atoms with van der Waals surface area (Å²) in [5.74, 6) is -2.29. The third-order valence-electron chi connectivity index (χ3n) is 5.48. The number of aromatic nitrogens is 1. The second-order valence-corrected chi connectivity index (χ2v) is 7.64. The van der Waals surface area contributed by atoms with Gasteiger partial charge in [-0.25, -0.2) is 0 Å². The molecule has 172 valence electrons. The number of carbonyl (C=O) groups excluding carboxylic acids is 3. The first-order valence-corrected chi connectivity index (χ1v) is 10.7. The zero-order valence-corrected chi connectivity index (χ0v) is 18.3. The predicted octanol–water partition coefficient (Wildman–Crippen LogP) is 3.52. The first-order valence-electron chi connectivity index (χ1n) is 10.7. The van der Waals surface area contributed by atoms with Gasteiger partial charge < -0.3 is 14.9 Å². The number of hydrogen-bond acceptors (Lipinski definition) is 7. The molecule has 1 unspecified atom stereocenters. The maximum absolute atomic E-state index is 13.1. The number of ether oxygens (including phenoxy) is 1. The van der Waals surface area contributed by atoms with Crippen LogP contribution < -0.4 is 4.90 Å². The quantitative estimate of drug-likeness (QED) is 0.251. The lowest BCUT2D eigenvalue weighted by Crippen LogP contribution is -2.29. The second-order valence-electron chi connectivity index (χ2n) is 7.64. The molecule has 8 heteroatoms. The normalized spacial score (nSPS) is 17.1. The molecule has 8 nitrogen and oxygen atoms in total. The van der Waals surface area contributed by atoms with Crippen LogP contribution in [-0.2, 0) is 25.5 Å². The Morgan fingerprint density at radius 3 is 2.26 bits per heavy atom. The van der Waals surface area contributed by atoms with Crippen molar-refractivity contribution in [1.29, 1.82) is 0 Å². The van der Waals surface area contributed by atoms with Crippen LogP contribution in [0.2, 0.25) is 0 Å². The van der Waals surface area contributed by atoms with Crippen molar-refractivity contribution in [2.24, 2.45) is 0 Å². The number of phenolic OH excluding ortho intramolecular Hbond substituents is 1. The number of aromatic hydroxyl groups is 1. The Morgan fingerprint density at radius 1 is 1.00 bits per heavy atom. The summed E-state index contributed by atoms with van der Waals surface area (Å²) in [4.78, 5) is 43.2. The fourth-order valence-electron chi connectivity index (χ4n) is 3.89. The molecule has 1 aromatic heterocycles. The van der Waals surface area contributed by atoms with Crippen LogP contribution in [0.15, 0.2) is 78.6 Å². The van der Waals surface area contributed by atoms with E-state index >= 15 is 0 Å². The van der Waals surface area contributed by atoms with Crippen LogP contribution >= 0.6 is 0 Å². The Hall–Kier alpha value is -4.46. The molecule has 0 bridgehead atoms. The van der Waals surface area contributed by atoms with Crippen molar-refractivity contribution in [3.8, 4) is 5.75 Å². The minimum absolute atomic E-state index is 0.0261. The molecule has 0 aliphatic carbocycles. The van der Waals surface area contributed by atoms with Gasteiger partial charge in [0.2, 0.25) is 0 Å². The van der Waals surface area contributed by atoms with Crippen LogP contribution in [-0.4, -0.2) is 39.5 Å². The molecule has 1 aliphatic heterocycles. The van der Waals surface area contributed by atoms with Crippen molar-refractivity contribution in [3.05, 3.63) is 95.3 Å². The molecule has 2 heterocycles. The van der Waals surface area contributed by atoms with Gasteiger partial charge in [0.1, 0.15) is 11.5 Å². The van der Waals surface area contributed by atoms with Crippen molar-refractivity contribution >= 4 is 29.1 Å². The minimum atomic E-state index is -0.926. The van der Waals surface area contributed by atoms with E-state index in [-0.39, 0.29) is 36.1 Å². The molecule has 1 aliphatic rings. The van der Waals surface area contributed by atoms with E-state index in [0.717, 1.165) is 0 Å². The van der Waals surface area contributed by atoms with Gasteiger partial charge in [0.05, 0.1) is 24.6 Å². The fourth-order valence-corrected chi connectivity index (χ4v) is 3.89. The molecule has 0 spiro atoms. The molecule has 2 aromatic carbocycles. The number of ketones is 1. The molecule has 1 fully saturated rings. The summed E-state index contributed by atoms with van der Waals surface area (Å²) in [5.41, 5.74) is 1.92. The highest BCUT2D eigenvalue weighted by atomic mass is 16.5. The maximum Gasteiger partial charge on any atom is 0.310 e. The number of anilines is 1. The van der Waals surface area contributed by atoms with Gasteiger partial charge in [-0.2, -0.15) is 0 Å². The molecule has 34 heavy (non-hydrogen) atoms. The average Bonchev–Trinajstić information content (AvgIpc) is 3.11. The van der Waals surface area contributed by atoms with E-state index in [1.807, 2.05) is 0 Å². The SMILES string of the molecule is CCOC(=O)Cc1ccc(N2C(=O)C(=O)/C(=C(\O)c3ccncc3)C2c2ccc(O)cc2)cc1. The number of nitrogens with zero attached hydrogens (tertiary/aromatic N) is 2. The van der Waals surface area contributed by atoms with Gasteiger partial charge in [0, 0.05) is 23.6 Å². The molecule has 4 rings (SSSR count). The van der Waals surface area contributed by atoms with Gasteiger partial charge >= 0.3 is 5.97 Å². The summed E-state index contributed by atoms with van der Waals surface area (Å²) in [5, 5.41) is 20.7. The average molecular weight is 458 g/mol. The number of carbonyl (C=O) groups is 3. The van der Waals surface area contributed by atoms with E-state index in [4.69, 9.17) is 4.74 Å². The van der Waals surface area contributed by atoms with Crippen LogP contribution in [0.1, 0.15) is 29.7 Å². The van der Waals surface area contributed by atoms with Crippen molar-refractivity contribution in [1.82, 2.24) is 4.98 Å². The van der Waals surface area contributed by atoms with Crippen molar-refractivity contribution < 1.29 is 29.3 Å². The largest absolute Gasteiger partial charge is 0.508 e. The van der Waals surface area contributed by atoms with E-state index in [9.17, 15) is 24.6 Å². The number of pyridine rings is 1. The monoisotopic (exact) mass is 458 g/mol. The van der Waals surface area contributed by atoms with Crippen LogP contribution in [0.25, 0.3) is 5.76 Å². The standard InChI is InChI=1S/C26H22N2O6/c1-2-34-21(30)15-16-3-7-19(8-4-16)28-23(17-5-9-20(29)10-6-17)22(25(32)26(28)33)24(31)18-11-13-27-14-12-18/h3-14,23,29,31H,2,15H2,1H3/b24-22-. The Kier molecular flexibility index (Phi) is 6.40. The van der Waals surface area contributed by atoms with Gasteiger partial charge in [0.25, 0.3) is 11.7 Å². The van der Waals surface area contributed by atoms with Crippen LogP contribution in [0.5, 0.6) is 5.75 Å². The van der Waals surface area contributed by atoms with Crippen molar-refractivity contribution in [2.75, 3.05) is 11.5 Å². The molecule has 3 aromatic rings. The number of aliphatic hydroxyl groups is 1. The summed E-state index contributed by atoms with van der Waals surface area (Å²) < 4.78 is 4.97. The number of benzene rings is 2. The number of aliphatic hydroxyl groups excluding tert-OH is 1. The molecule has 2 N–H and O–H groups in total. The predicted molar refractivity (Wildman–Crippen MR) is 124 cm³/mol. The zero-order chi connectivity index (χ0) is 24.2. The number of rotatable bonds is 6. The summed E-state index contributed by atoms with van der Waals surface area (Å²) in [6.45, 7) is 2.01. The highest BCUT2D eigenvalue weighted by Gasteiger charge is 2.46. The summed E-state index contributed by atoms with van der Waals surface area (Å²) in [6.07, 6.45) is 3.03. The Morgan fingerprint density at radius 2 is 1.65 bits per heavy atom.